The molecule has 0 aliphatic carbocycles. The number of ether oxygens (including phenoxy) is 1. The van der Waals surface area contributed by atoms with Crippen LogP contribution in [-0.4, -0.2) is 11.1 Å². The molecule has 0 aromatic heterocycles. The molecule has 0 saturated carbocycles. The van der Waals surface area contributed by atoms with Gasteiger partial charge in [0.2, 0.25) is 0 Å². The summed E-state index contributed by atoms with van der Waals surface area (Å²) in [4.78, 5) is 12.5. The van der Waals surface area contributed by atoms with Crippen molar-refractivity contribution < 1.29 is 23.4 Å². The van der Waals surface area contributed by atoms with E-state index in [2.05, 4.69) is 0 Å². The van der Waals surface area contributed by atoms with Gasteiger partial charge in [0.15, 0.2) is 17.2 Å². The van der Waals surface area contributed by atoms with E-state index in [1.807, 2.05) is 0 Å². The summed E-state index contributed by atoms with van der Waals surface area (Å²) < 4.78 is 34.1. The van der Waals surface area contributed by atoms with Crippen LogP contribution < -0.4 is 0 Å². The Morgan fingerprint density at radius 2 is 1.58 bits per heavy atom. The highest BCUT2D eigenvalue weighted by atomic mass is 19.1. The summed E-state index contributed by atoms with van der Waals surface area (Å²) in [6, 6.07) is 15.0. The monoisotopic (exact) mass is 352 g/mol. The highest BCUT2D eigenvalue weighted by Crippen LogP contribution is 2.47. The molecular formula is C21H14F2O3. The second-order valence-electron chi connectivity index (χ2n) is 6.25. The molecule has 5 heteroatoms. The third kappa shape index (κ3) is 2.20. The Hall–Kier alpha value is -3.21. The maximum Gasteiger partial charge on any atom is 0.340 e. The summed E-state index contributed by atoms with van der Waals surface area (Å²) >= 11 is 0. The Labute approximate surface area is 148 Å². The van der Waals surface area contributed by atoms with Crippen LogP contribution in [0.3, 0.4) is 0 Å². The molecule has 1 aliphatic rings. The van der Waals surface area contributed by atoms with Crippen LogP contribution in [0.5, 0.6) is 5.75 Å². The third-order valence-electron chi connectivity index (χ3n) is 4.70. The van der Waals surface area contributed by atoms with Crippen molar-refractivity contribution in [1.82, 2.24) is 0 Å². The SMILES string of the molecule is Cc1ccc(C2(c3ccc(O)c(F)c3)OC(=O)c3ccccc32)cc1F. The Balaban J connectivity index is 2.07. The van der Waals surface area contributed by atoms with Crippen molar-refractivity contribution in [1.29, 1.82) is 0 Å². The number of carbonyl (C=O) groups is 1. The molecule has 130 valence electrons. The predicted octanol–water partition coefficient (Wildman–Crippen LogP) is 4.44. The standard InChI is InChI=1S/C21H14F2O3/c1-12-6-7-13(10-17(12)22)21(14-8-9-19(24)18(23)11-14)16-5-3-2-4-15(16)20(25)26-21/h2-11,24H,1H3. The number of aryl methyl sites for hydroxylation is 1. The van der Waals surface area contributed by atoms with Gasteiger partial charge in [-0.3, -0.25) is 0 Å². The van der Waals surface area contributed by atoms with Gasteiger partial charge in [0.1, 0.15) is 5.82 Å². The lowest BCUT2D eigenvalue weighted by Gasteiger charge is -2.30. The van der Waals surface area contributed by atoms with Gasteiger partial charge in [-0.15, -0.1) is 0 Å². The van der Waals surface area contributed by atoms with Crippen LogP contribution in [0.15, 0.2) is 60.7 Å². The van der Waals surface area contributed by atoms with E-state index in [-0.39, 0.29) is 5.56 Å². The number of hydrogen-bond donors (Lipinski definition) is 1. The fourth-order valence-electron chi connectivity index (χ4n) is 3.35. The van der Waals surface area contributed by atoms with Crippen LogP contribution >= 0.6 is 0 Å². The molecule has 1 unspecified atom stereocenters. The van der Waals surface area contributed by atoms with E-state index in [9.17, 15) is 18.7 Å². The topological polar surface area (TPSA) is 46.5 Å². The molecule has 3 aromatic carbocycles. The van der Waals surface area contributed by atoms with Crippen LogP contribution in [0.4, 0.5) is 8.78 Å². The van der Waals surface area contributed by atoms with Gasteiger partial charge < -0.3 is 9.84 Å². The molecule has 3 nitrogen and oxygen atoms in total. The fourth-order valence-corrected chi connectivity index (χ4v) is 3.35. The largest absolute Gasteiger partial charge is 0.505 e. The average molecular weight is 352 g/mol. The summed E-state index contributed by atoms with van der Waals surface area (Å²) in [6.07, 6.45) is 0. The molecule has 1 heterocycles. The van der Waals surface area contributed by atoms with E-state index in [0.717, 1.165) is 6.07 Å². The number of phenolic OH excluding ortho intramolecular Hbond substituents is 1. The number of halogens is 2. The number of aromatic hydroxyl groups is 1. The third-order valence-corrected chi connectivity index (χ3v) is 4.70. The molecule has 0 fully saturated rings. The Bertz CT molecular complexity index is 992. The number of cyclic esters (lactones) is 1. The summed E-state index contributed by atoms with van der Waals surface area (Å²) in [5.74, 6) is -2.40. The first kappa shape index (κ1) is 16.3. The van der Waals surface area contributed by atoms with Gasteiger partial charge in [-0.2, -0.15) is 0 Å². The lowest BCUT2D eigenvalue weighted by molar-refractivity contribution is 0.0249. The highest BCUT2D eigenvalue weighted by molar-refractivity contribution is 5.96. The first-order chi connectivity index (χ1) is 12.4. The van der Waals surface area contributed by atoms with E-state index in [0.29, 0.717) is 22.3 Å². The number of carbonyl (C=O) groups excluding carboxylic acids is 1. The van der Waals surface area contributed by atoms with Crippen molar-refractivity contribution in [3.63, 3.8) is 0 Å². The first-order valence-corrected chi connectivity index (χ1v) is 8.02. The van der Waals surface area contributed by atoms with E-state index in [4.69, 9.17) is 4.74 Å². The Morgan fingerprint density at radius 1 is 0.923 bits per heavy atom. The molecule has 4 rings (SSSR count). The Morgan fingerprint density at radius 3 is 2.27 bits per heavy atom. The van der Waals surface area contributed by atoms with Gasteiger partial charge in [0.25, 0.3) is 0 Å². The van der Waals surface area contributed by atoms with Crippen LogP contribution in [-0.2, 0) is 10.3 Å². The zero-order valence-electron chi connectivity index (χ0n) is 13.8. The van der Waals surface area contributed by atoms with E-state index in [1.54, 1.807) is 43.3 Å². The molecule has 0 amide bonds. The summed E-state index contributed by atoms with van der Waals surface area (Å²) in [5, 5.41) is 9.53. The predicted molar refractivity (Wildman–Crippen MR) is 90.9 cm³/mol. The molecule has 26 heavy (non-hydrogen) atoms. The molecule has 1 N–H and O–H groups in total. The first-order valence-electron chi connectivity index (χ1n) is 8.02. The van der Waals surface area contributed by atoms with E-state index < -0.39 is 29.0 Å². The van der Waals surface area contributed by atoms with Crippen LogP contribution in [0.25, 0.3) is 0 Å². The molecule has 1 aliphatic heterocycles. The smallest absolute Gasteiger partial charge is 0.340 e. The number of phenols is 1. The number of rotatable bonds is 2. The van der Waals surface area contributed by atoms with Crippen molar-refractivity contribution in [2.75, 3.05) is 0 Å². The number of hydrogen-bond acceptors (Lipinski definition) is 3. The molecule has 0 radical (unpaired) electrons. The van der Waals surface area contributed by atoms with Gasteiger partial charge in [-0.25, -0.2) is 13.6 Å². The minimum absolute atomic E-state index is 0.286. The quantitative estimate of drug-likeness (QED) is 0.694. The minimum Gasteiger partial charge on any atom is -0.505 e. The summed E-state index contributed by atoms with van der Waals surface area (Å²) in [7, 11) is 0. The molecule has 1 atom stereocenters. The Kier molecular flexibility index (Phi) is 3.54. The molecule has 0 spiro atoms. The van der Waals surface area contributed by atoms with Crippen molar-refractivity contribution in [2.45, 2.75) is 12.5 Å². The minimum atomic E-state index is -1.49. The number of fused-ring (bicyclic) bond motifs is 1. The second kappa shape index (κ2) is 5.66. The molecule has 0 bridgehead atoms. The molecular weight excluding hydrogens is 338 g/mol. The fraction of sp³-hybridized carbons (Fsp3) is 0.0952. The van der Waals surface area contributed by atoms with Crippen molar-refractivity contribution >= 4 is 5.97 Å². The number of benzene rings is 3. The normalized spacial score (nSPS) is 18.5. The van der Waals surface area contributed by atoms with Gasteiger partial charge in [0, 0.05) is 16.7 Å². The van der Waals surface area contributed by atoms with Crippen molar-refractivity contribution in [3.05, 3.63) is 100 Å². The van der Waals surface area contributed by atoms with Gasteiger partial charge >= 0.3 is 5.97 Å². The maximum absolute atomic E-state index is 14.3. The summed E-state index contributed by atoms with van der Waals surface area (Å²) in [5.41, 5.74) is 0.438. The highest BCUT2D eigenvalue weighted by Gasteiger charge is 2.48. The zero-order chi connectivity index (χ0) is 18.5. The van der Waals surface area contributed by atoms with Crippen molar-refractivity contribution in [2.24, 2.45) is 0 Å². The van der Waals surface area contributed by atoms with Crippen LogP contribution in [0.2, 0.25) is 0 Å². The van der Waals surface area contributed by atoms with Crippen molar-refractivity contribution in [3.8, 4) is 5.75 Å². The van der Waals surface area contributed by atoms with Gasteiger partial charge in [0.05, 0.1) is 5.56 Å². The average Bonchev–Trinajstić information content (AvgIpc) is 2.94. The molecule has 3 aromatic rings. The lowest BCUT2D eigenvalue weighted by atomic mass is 9.79. The van der Waals surface area contributed by atoms with Crippen LogP contribution in [0.1, 0.15) is 32.6 Å². The number of esters is 1. The van der Waals surface area contributed by atoms with Gasteiger partial charge in [-0.05, 0) is 36.8 Å². The summed E-state index contributed by atoms with van der Waals surface area (Å²) in [6.45, 7) is 1.63. The lowest BCUT2D eigenvalue weighted by Crippen LogP contribution is -2.30. The second-order valence-corrected chi connectivity index (χ2v) is 6.25. The van der Waals surface area contributed by atoms with Gasteiger partial charge in [-0.1, -0.05) is 36.4 Å². The van der Waals surface area contributed by atoms with E-state index in [1.165, 1.54) is 18.2 Å². The van der Waals surface area contributed by atoms with Crippen LogP contribution in [0, 0.1) is 18.6 Å². The maximum atomic E-state index is 14.3. The van der Waals surface area contributed by atoms with E-state index >= 15 is 0 Å². The molecule has 0 saturated heterocycles. The zero-order valence-corrected chi connectivity index (χ0v) is 13.8.